The van der Waals surface area contributed by atoms with Crippen molar-refractivity contribution in [3.8, 4) is 0 Å². The molecule has 0 fully saturated rings. The lowest BCUT2D eigenvalue weighted by Crippen LogP contribution is -2.32. The van der Waals surface area contributed by atoms with E-state index in [2.05, 4.69) is 25.8 Å². The third kappa shape index (κ3) is 6.85. The molecular weight excluding hydrogens is 402 g/mol. The van der Waals surface area contributed by atoms with Crippen molar-refractivity contribution in [1.29, 1.82) is 0 Å². The molecule has 0 radical (unpaired) electrons. The van der Waals surface area contributed by atoms with Crippen LogP contribution in [0.4, 0.5) is 22.7 Å². The average Bonchev–Trinajstić information content (AvgIpc) is 2.83. The number of nitrogens with zero attached hydrogens (tertiary/aromatic N) is 3. The van der Waals surface area contributed by atoms with Crippen LogP contribution in [0.2, 0.25) is 0 Å². The predicted octanol–water partition coefficient (Wildman–Crippen LogP) is 5.63. The van der Waals surface area contributed by atoms with Crippen LogP contribution in [0.3, 0.4) is 0 Å². The van der Waals surface area contributed by atoms with Crippen molar-refractivity contribution >= 4 is 34.6 Å². The molecule has 3 aromatic rings. The van der Waals surface area contributed by atoms with Crippen LogP contribution >= 0.6 is 0 Å². The van der Waals surface area contributed by atoms with Crippen molar-refractivity contribution in [3.63, 3.8) is 0 Å². The maximum absolute atomic E-state index is 12.2. The van der Waals surface area contributed by atoms with E-state index in [1.54, 1.807) is 60.7 Å². The van der Waals surface area contributed by atoms with Crippen LogP contribution in [0.15, 0.2) is 89.1 Å². The average molecular weight is 430 g/mol. The number of benzene rings is 3. The van der Waals surface area contributed by atoms with Gasteiger partial charge >= 0.3 is 0 Å². The Morgan fingerprint density at radius 2 is 1.22 bits per heavy atom. The second-order valence-electron chi connectivity index (χ2n) is 7.12. The molecule has 0 atom stereocenters. The fourth-order valence-electron chi connectivity index (χ4n) is 2.98. The summed E-state index contributed by atoms with van der Waals surface area (Å²) in [6, 6.07) is 23.4. The number of anilines is 2. The van der Waals surface area contributed by atoms with Gasteiger partial charge in [-0.2, -0.15) is 10.2 Å². The maximum atomic E-state index is 12.2. The van der Waals surface area contributed by atoms with Gasteiger partial charge in [0, 0.05) is 16.9 Å². The molecule has 0 aromatic heterocycles. The third-order valence-corrected chi connectivity index (χ3v) is 4.85. The summed E-state index contributed by atoms with van der Waals surface area (Å²) in [6.45, 7) is 6.11. The number of hydrogen-bond donors (Lipinski definition) is 2. The zero-order valence-corrected chi connectivity index (χ0v) is 18.3. The molecule has 7 nitrogen and oxygen atoms in total. The molecule has 0 spiro atoms. The number of carbonyl (C=O) groups is 2. The minimum Gasteiger partial charge on any atom is -0.325 e. The Balaban J connectivity index is 1.53. The largest absolute Gasteiger partial charge is 0.325 e. The number of nitrogens with one attached hydrogen (secondary N) is 2. The first kappa shape index (κ1) is 22.8. The Bertz CT molecular complexity index is 1040. The van der Waals surface area contributed by atoms with Gasteiger partial charge in [0.2, 0.25) is 5.91 Å². The van der Waals surface area contributed by atoms with Crippen molar-refractivity contribution in [1.82, 2.24) is 4.90 Å². The molecule has 0 aliphatic carbocycles. The maximum Gasteiger partial charge on any atom is 0.255 e. The van der Waals surface area contributed by atoms with E-state index in [1.807, 2.05) is 32.0 Å². The summed E-state index contributed by atoms with van der Waals surface area (Å²) in [4.78, 5) is 26.3. The van der Waals surface area contributed by atoms with Crippen LogP contribution in [0.1, 0.15) is 24.2 Å². The molecule has 0 unspecified atom stereocenters. The van der Waals surface area contributed by atoms with Gasteiger partial charge < -0.3 is 10.6 Å². The normalized spacial score (nSPS) is 11.0. The molecule has 3 aromatic carbocycles. The second kappa shape index (κ2) is 11.5. The molecule has 0 aliphatic rings. The molecule has 0 saturated carbocycles. The Kier molecular flexibility index (Phi) is 8.22. The van der Waals surface area contributed by atoms with Crippen LogP contribution < -0.4 is 10.6 Å². The second-order valence-corrected chi connectivity index (χ2v) is 7.12. The molecule has 2 amide bonds. The lowest BCUT2D eigenvalue weighted by Gasteiger charge is -2.17. The van der Waals surface area contributed by atoms with Gasteiger partial charge in [-0.3, -0.25) is 14.5 Å². The highest BCUT2D eigenvalue weighted by Gasteiger charge is 2.07. The lowest BCUT2D eigenvalue weighted by atomic mass is 10.2. The quantitative estimate of drug-likeness (QED) is 0.432. The Morgan fingerprint density at radius 1 is 0.719 bits per heavy atom. The molecule has 0 saturated heterocycles. The smallest absolute Gasteiger partial charge is 0.255 e. The fraction of sp³-hybridized carbons (Fsp3) is 0.200. The number of rotatable bonds is 9. The molecule has 32 heavy (non-hydrogen) atoms. The summed E-state index contributed by atoms with van der Waals surface area (Å²) in [5, 5.41) is 14.2. The highest BCUT2D eigenvalue weighted by Crippen LogP contribution is 2.22. The van der Waals surface area contributed by atoms with Gasteiger partial charge in [-0.05, 0) is 73.8 Å². The van der Waals surface area contributed by atoms with Crippen LogP contribution in [-0.4, -0.2) is 36.3 Å². The highest BCUT2D eigenvalue weighted by atomic mass is 16.2. The van der Waals surface area contributed by atoms with Crippen molar-refractivity contribution in [2.45, 2.75) is 13.8 Å². The van der Waals surface area contributed by atoms with Crippen LogP contribution in [0.5, 0.6) is 0 Å². The number of azo groups is 1. The Labute approximate surface area is 188 Å². The summed E-state index contributed by atoms with van der Waals surface area (Å²) in [7, 11) is 0. The van der Waals surface area contributed by atoms with Crippen LogP contribution in [0.25, 0.3) is 0 Å². The monoisotopic (exact) mass is 429 g/mol. The number of amides is 2. The van der Waals surface area contributed by atoms with Gasteiger partial charge in [-0.1, -0.05) is 32.0 Å². The third-order valence-electron chi connectivity index (χ3n) is 4.85. The summed E-state index contributed by atoms with van der Waals surface area (Å²) in [5.74, 6) is -0.202. The first-order valence-electron chi connectivity index (χ1n) is 10.6. The van der Waals surface area contributed by atoms with Crippen molar-refractivity contribution < 1.29 is 9.59 Å². The van der Waals surface area contributed by atoms with Crippen molar-refractivity contribution in [2.24, 2.45) is 10.2 Å². The molecule has 164 valence electrons. The van der Waals surface area contributed by atoms with E-state index in [9.17, 15) is 9.59 Å². The number of carbonyl (C=O) groups excluding carboxylic acids is 2. The first-order chi connectivity index (χ1) is 15.6. The molecule has 0 bridgehead atoms. The van der Waals surface area contributed by atoms with Crippen LogP contribution in [0, 0.1) is 0 Å². The summed E-state index contributed by atoms with van der Waals surface area (Å²) in [5.41, 5.74) is 3.35. The molecule has 2 N–H and O–H groups in total. The van der Waals surface area contributed by atoms with E-state index in [4.69, 9.17) is 0 Å². The van der Waals surface area contributed by atoms with E-state index < -0.39 is 0 Å². The van der Waals surface area contributed by atoms with E-state index >= 15 is 0 Å². The summed E-state index contributed by atoms with van der Waals surface area (Å²) >= 11 is 0. The lowest BCUT2D eigenvalue weighted by molar-refractivity contribution is -0.117. The summed E-state index contributed by atoms with van der Waals surface area (Å²) in [6.07, 6.45) is 0. The fourth-order valence-corrected chi connectivity index (χ4v) is 2.98. The van der Waals surface area contributed by atoms with Gasteiger partial charge in [0.25, 0.3) is 5.91 Å². The molecule has 0 heterocycles. The number of likely N-dealkylation sites (N-methyl/N-ethyl adjacent to an activating group) is 1. The van der Waals surface area contributed by atoms with Gasteiger partial charge in [0.1, 0.15) is 0 Å². The van der Waals surface area contributed by atoms with Crippen molar-refractivity contribution in [3.05, 3.63) is 84.4 Å². The van der Waals surface area contributed by atoms with Crippen molar-refractivity contribution in [2.75, 3.05) is 30.3 Å². The van der Waals surface area contributed by atoms with Crippen LogP contribution in [-0.2, 0) is 4.79 Å². The zero-order chi connectivity index (χ0) is 22.8. The van der Waals surface area contributed by atoms with Gasteiger partial charge in [0.15, 0.2) is 0 Å². The molecule has 3 rings (SSSR count). The topological polar surface area (TPSA) is 86.2 Å². The van der Waals surface area contributed by atoms with E-state index in [0.29, 0.717) is 29.2 Å². The van der Waals surface area contributed by atoms with Gasteiger partial charge in [0.05, 0.1) is 17.9 Å². The highest BCUT2D eigenvalue weighted by molar-refractivity contribution is 6.04. The standard InChI is InChI=1S/C25H27N5O2/c1-3-30(4-2)18-24(31)26-20-10-14-22(15-11-20)28-29-23-16-12-21(13-17-23)27-25(32)19-8-6-5-7-9-19/h5-17H,3-4,18H2,1-2H3,(H,26,31)(H,27,32)/b29-28+. The molecule has 0 aliphatic heterocycles. The molecular formula is C25H27N5O2. The Morgan fingerprint density at radius 3 is 1.72 bits per heavy atom. The minimum atomic E-state index is -0.163. The van der Waals surface area contributed by atoms with Gasteiger partial charge in [-0.25, -0.2) is 0 Å². The Hall–Kier alpha value is -3.84. The minimum absolute atomic E-state index is 0.0393. The number of hydrogen-bond acceptors (Lipinski definition) is 5. The van der Waals surface area contributed by atoms with E-state index in [0.717, 1.165) is 18.8 Å². The zero-order valence-electron chi connectivity index (χ0n) is 18.3. The predicted molar refractivity (Wildman–Crippen MR) is 128 cm³/mol. The summed E-state index contributed by atoms with van der Waals surface area (Å²) < 4.78 is 0. The van der Waals surface area contributed by atoms with Gasteiger partial charge in [-0.15, -0.1) is 0 Å². The van der Waals surface area contributed by atoms with E-state index in [1.165, 1.54) is 0 Å². The molecule has 7 heteroatoms. The first-order valence-corrected chi connectivity index (χ1v) is 10.6. The SMILES string of the molecule is CCN(CC)CC(=O)Nc1ccc(/N=N/c2ccc(NC(=O)c3ccccc3)cc2)cc1. The van der Waals surface area contributed by atoms with E-state index in [-0.39, 0.29) is 11.8 Å².